The zero-order valence-electron chi connectivity index (χ0n) is 17.8. The second kappa shape index (κ2) is 8.82. The van der Waals surface area contributed by atoms with Crippen molar-refractivity contribution in [2.24, 2.45) is 5.10 Å². The molecular formula is C23H18BrN5O3S2. The number of anilines is 1. The van der Waals surface area contributed by atoms with Crippen LogP contribution in [0.5, 0.6) is 0 Å². The summed E-state index contributed by atoms with van der Waals surface area (Å²) >= 11 is 4.89. The van der Waals surface area contributed by atoms with Gasteiger partial charge >= 0.3 is 0 Å². The highest BCUT2D eigenvalue weighted by molar-refractivity contribution is 9.11. The Kier molecular flexibility index (Phi) is 5.84. The Morgan fingerprint density at radius 3 is 2.59 bits per heavy atom. The second-order valence-electron chi connectivity index (χ2n) is 7.51. The number of H-pyrrole nitrogens is 1. The highest BCUT2D eigenvalue weighted by Crippen LogP contribution is 2.46. The number of amides is 1. The number of carbonyl (C=O) groups is 1. The first kappa shape index (κ1) is 22.5. The number of hydrogen-bond acceptors (Lipinski definition) is 6. The zero-order valence-corrected chi connectivity index (χ0v) is 21.0. The number of hydrazone groups is 1. The average Bonchev–Trinajstić information content (AvgIpc) is 3.48. The van der Waals surface area contributed by atoms with E-state index < -0.39 is 22.5 Å². The highest BCUT2D eigenvalue weighted by Gasteiger charge is 2.39. The molecule has 0 bridgehead atoms. The van der Waals surface area contributed by atoms with Gasteiger partial charge in [0.25, 0.3) is 15.9 Å². The van der Waals surface area contributed by atoms with Gasteiger partial charge in [0.05, 0.1) is 25.0 Å². The lowest BCUT2D eigenvalue weighted by Crippen LogP contribution is -2.41. The maximum atomic E-state index is 13.6. The van der Waals surface area contributed by atoms with Gasteiger partial charge in [-0.2, -0.15) is 10.2 Å². The molecule has 0 saturated heterocycles. The number of nitrogens with one attached hydrogen (secondary N) is 2. The molecule has 34 heavy (non-hydrogen) atoms. The number of sulfonamides is 1. The molecule has 4 aromatic rings. The van der Waals surface area contributed by atoms with Crippen LogP contribution < -0.4 is 9.73 Å². The first-order valence-corrected chi connectivity index (χ1v) is 13.3. The smallest absolute Gasteiger partial charge is 0.265 e. The molecule has 0 fully saturated rings. The Balaban J connectivity index is 1.53. The molecule has 172 valence electrons. The van der Waals surface area contributed by atoms with Gasteiger partial charge in [-0.05, 0) is 41.1 Å². The minimum Gasteiger partial charge on any atom is -0.275 e. The van der Waals surface area contributed by atoms with Gasteiger partial charge in [0.15, 0.2) is 0 Å². The molecule has 0 spiro atoms. The van der Waals surface area contributed by atoms with E-state index in [1.165, 1.54) is 17.4 Å². The van der Waals surface area contributed by atoms with Gasteiger partial charge in [0, 0.05) is 11.1 Å². The number of benzene rings is 2. The number of halogens is 1. The van der Waals surface area contributed by atoms with E-state index in [0.717, 1.165) is 18.5 Å². The van der Waals surface area contributed by atoms with E-state index in [9.17, 15) is 13.2 Å². The van der Waals surface area contributed by atoms with Crippen molar-refractivity contribution >= 4 is 54.6 Å². The number of fused-ring (bicyclic) bond motifs is 3. The summed E-state index contributed by atoms with van der Waals surface area (Å²) < 4.78 is 29.3. The van der Waals surface area contributed by atoms with Crippen molar-refractivity contribution in [3.63, 3.8) is 0 Å². The molecule has 0 unspecified atom stereocenters. The summed E-state index contributed by atoms with van der Waals surface area (Å²) in [6.45, 7) is 1.32. The number of thiophene rings is 1. The Morgan fingerprint density at radius 1 is 1.12 bits per heavy atom. The molecule has 0 saturated carbocycles. The molecule has 0 radical (unpaired) electrons. The fraction of sp³-hybridized carbons (Fsp3) is 0.0870. The van der Waals surface area contributed by atoms with Crippen LogP contribution in [0.3, 0.4) is 0 Å². The number of hydrogen-bond donors (Lipinski definition) is 2. The molecule has 1 aliphatic rings. The number of aromatic amines is 1. The third kappa shape index (κ3) is 3.95. The highest BCUT2D eigenvalue weighted by atomic mass is 79.9. The van der Waals surface area contributed by atoms with Crippen LogP contribution in [0.2, 0.25) is 0 Å². The van der Waals surface area contributed by atoms with Gasteiger partial charge in [-0.1, -0.05) is 48.5 Å². The lowest BCUT2D eigenvalue weighted by Gasteiger charge is -2.29. The molecule has 11 heteroatoms. The largest absolute Gasteiger partial charge is 0.275 e. The molecule has 2 aromatic carbocycles. The van der Waals surface area contributed by atoms with Crippen LogP contribution in [-0.2, 0) is 14.8 Å². The first-order valence-electron chi connectivity index (χ1n) is 10.2. The minimum atomic E-state index is -4.02. The van der Waals surface area contributed by atoms with Gasteiger partial charge in [0.2, 0.25) is 0 Å². The standard InChI is InChI=1S/C23H18BrN5O3S2/c1-14(17-11-12-19(24)33-17)25-26-20(30)13-29-23-21(15-7-3-2-4-8-15)27-28-22(23)16-9-5-6-10-18(16)34(29,31)32/h2-12H,13H2,1H3,(H,26,30)(H,27,28)/b25-14+. The van der Waals surface area contributed by atoms with Crippen LogP contribution in [0, 0.1) is 0 Å². The molecule has 0 aliphatic carbocycles. The number of aromatic nitrogens is 2. The van der Waals surface area contributed by atoms with Crippen LogP contribution in [-0.4, -0.2) is 36.8 Å². The first-order chi connectivity index (χ1) is 16.4. The fourth-order valence-electron chi connectivity index (χ4n) is 3.74. The Labute approximate surface area is 208 Å². The van der Waals surface area contributed by atoms with Crippen molar-refractivity contribution in [1.29, 1.82) is 0 Å². The lowest BCUT2D eigenvalue weighted by molar-refractivity contribution is -0.119. The van der Waals surface area contributed by atoms with Gasteiger partial charge in [-0.25, -0.2) is 13.8 Å². The summed E-state index contributed by atoms with van der Waals surface area (Å²) in [7, 11) is -4.02. The minimum absolute atomic E-state index is 0.113. The molecule has 5 rings (SSSR count). The van der Waals surface area contributed by atoms with Gasteiger partial charge in [0.1, 0.15) is 17.9 Å². The predicted molar refractivity (Wildman–Crippen MR) is 136 cm³/mol. The topological polar surface area (TPSA) is 108 Å². The molecule has 2 N–H and O–H groups in total. The normalized spacial score (nSPS) is 14.4. The third-order valence-electron chi connectivity index (χ3n) is 5.33. The van der Waals surface area contributed by atoms with E-state index in [1.807, 2.05) is 42.5 Å². The summed E-state index contributed by atoms with van der Waals surface area (Å²) in [5.41, 5.74) is 5.68. The van der Waals surface area contributed by atoms with E-state index in [-0.39, 0.29) is 4.90 Å². The molecule has 2 aromatic heterocycles. The quantitative estimate of drug-likeness (QED) is 0.276. The van der Waals surface area contributed by atoms with Crippen molar-refractivity contribution in [2.45, 2.75) is 11.8 Å². The van der Waals surface area contributed by atoms with Crippen molar-refractivity contribution in [3.05, 3.63) is 75.4 Å². The van der Waals surface area contributed by atoms with E-state index >= 15 is 0 Å². The van der Waals surface area contributed by atoms with Crippen LogP contribution in [0.15, 0.2) is 80.5 Å². The summed E-state index contributed by atoms with van der Waals surface area (Å²) in [4.78, 5) is 13.9. The Bertz CT molecular complexity index is 1510. The summed E-state index contributed by atoms with van der Waals surface area (Å²) in [5, 5.41) is 11.5. The zero-order chi connectivity index (χ0) is 23.9. The van der Waals surface area contributed by atoms with Crippen LogP contribution in [0.4, 0.5) is 5.69 Å². The Hall–Kier alpha value is -3.28. The van der Waals surface area contributed by atoms with E-state index in [1.54, 1.807) is 25.1 Å². The molecule has 8 nitrogen and oxygen atoms in total. The van der Waals surface area contributed by atoms with E-state index in [0.29, 0.717) is 28.4 Å². The molecule has 1 amide bonds. The SMILES string of the molecule is C/C(=N\NC(=O)CN1c2c(-c3ccccc3)n[nH]c2-c2ccccc2S1(=O)=O)c1ccc(Br)s1. The number of carbonyl (C=O) groups excluding carboxylic acids is 1. The van der Waals surface area contributed by atoms with Crippen LogP contribution in [0.25, 0.3) is 22.5 Å². The van der Waals surface area contributed by atoms with Crippen molar-refractivity contribution in [1.82, 2.24) is 15.6 Å². The third-order valence-corrected chi connectivity index (χ3v) is 8.86. The maximum absolute atomic E-state index is 13.6. The average molecular weight is 556 g/mol. The van der Waals surface area contributed by atoms with Gasteiger partial charge in [-0.15, -0.1) is 11.3 Å². The van der Waals surface area contributed by atoms with Crippen LogP contribution >= 0.6 is 27.3 Å². The van der Waals surface area contributed by atoms with E-state index in [2.05, 4.69) is 36.7 Å². The van der Waals surface area contributed by atoms with Crippen molar-refractivity contribution in [3.8, 4) is 22.5 Å². The molecule has 0 atom stereocenters. The summed E-state index contributed by atoms with van der Waals surface area (Å²) in [5.74, 6) is -0.566. The monoisotopic (exact) mass is 555 g/mol. The second-order valence-corrected chi connectivity index (χ2v) is 11.8. The lowest BCUT2D eigenvalue weighted by atomic mass is 10.1. The van der Waals surface area contributed by atoms with Crippen molar-refractivity contribution < 1.29 is 13.2 Å². The number of rotatable bonds is 5. The van der Waals surface area contributed by atoms with Crippen LogP contribution in [0.1, 0.15) is 11.8 Å². The molecular weight excluding hydrogens is 538 g/mol. The fourth-order valence-corrected chi connectivity index (χ4v) is 6.71. The van der Waals surface area contributed by atoms with E-state index in [4.69, 9.17) is 0 Å². The summed E-state index contributed by atoms with van der Waals surface area (Å²) in [6.07, 6.45) is 0. The maximum Gasteiger partial charge on any atom is 0.265 e. The van der Waals surface area contributed by atoms with Gasteiger partial charge in [-0.3, -0.25) is 14.2 Å². The molecule has 3 heterocycles. The molecule has 1 aliphatic heterocycles. The predicted octanol–water partition coefficient (Wildman–Crippen LogP) is 4.62. The number of nitrogens with zero attached hydrogens (tertiary/aromatic N) is 3. The Morgan fingerprint density at radius 2 is 1.85 bits per heavy atom. The van der Waals surface area contributed by atoms with Crippen molar-refractivity contribution in [2.75, 3.05) is 10.8 Å². The van der Waals surface area contributed by atoms with Gasteiger partial charge < -0.3 is 0 Å². The summed E-state index contributed by atoms with van der Waals surface area (Å²) in [6, 6.07) is 19.7.